The van der Waals surface area contributed by atoms with Crippen molar-refractivity contribution < 1.29 is 9.72 Å². The largest absolute Gasteiger partial charge is 0.342 e. The van der Waals surface area contributed by atoms with Gasteiger partial charge in [-0.15, -0.1) is 0 Å². The van der Waals surface area contributed by atoms with Gasteiger partial charge in [0.15, 0.2) is 0 Å². The van der Waals surface area contributed by atoms with Crippen molar-refractivity contribution in [1.29, 1.82) is 0 Å². The number of benzene rings is 2. The van der Waals surface area contributed by atoms with Gasteiger partial charge < -0.3 is 4.90 Å². The Kier molecular flexibility index (Phi) is 6.11. The second-order valence-electron chi connectivity index (χ2n) is 8.18. The lowest BCUT2D eigenvalue weighted by Gasteiger charge is -2.20. The summed E-state index contributed by atoms with van der Waals surface area (Å²) in [6.45, 7) is 3.83. The van der Waals surface area contributed by atoms with Gasteiger partial charge in [-0.1, -0.05) is 25.1 Å². The van der Waals surface area contributed by atoms with Crippen LogP contribution in [0.15, 0.2) is 60.8 Å². The third-order valence-electron chi connectivity index (χ3n) is 5.87. The molecule has 2 aromatic carbocycles. The first-order chi connectivity index (χ1) is 15.0. The van der Waals surface area contributed by atoms with Crippen LogP contribution in [0.2, 0.25) is 0 Å². The Hall–Kier alpha value is -3.48. The molecule has 1 fully saturated rings. The maximum atomic E-state index is 13.1. The number of aromatic nitrogens is 2. The van der Waals surface area contributed by atoms with E-state index in [2.05, 4.69) is 6.92 Å². The Labute approximate surface area is 181 Å². The molecule has 7 heteroatoms. The average molecular weight is 418 g/mol. The summed E-state index contributed by atoms with van der Waals surface area (Å²) in [5, 5.41) is 15.7. The highest BCUT2D eigenvalue weighted by atomic mass is 16.6. The Bertz CT molecular complexity index is 1060. The molecule has 1 atom stereocenters. The Balaban J connectivity index is 1.65. The van der Waals surface area contributed by atoms with E-state index in [0.29, 0.717) is 11.6 Å². The summed E-state index contributed by atoms with van der Waals surface area (Å²) in [5.41, 5.74) is 3.18. The number of likely N-dealkylation sites (tertiary alicyclic amines) is 1. The van der Waals surface area contributed by atoms with E-state index in [9.17, 15) is 14.9 Å². The Morgan fingerprint density at radius 3 is 2.55 bits per heavy atom. The summed E-state index contributed by atoms with van der Waals surface area (Å²) in [6.07, 6.45) is 5.37. The SMILES string of the molecule is CC1CCCN(C(=O)Cc2cn(-c3ccccc3)nc2-c2ccc([N+](=O)[O-])cc2)CC1. The van der Waals surface area contributed by atoms with Crippen LogP contribution in [0.4, 0.5) is 5.69 Å². The first kappa shape index (κ1) is 20.8. The number of hydrogen-bond acceptors (Lipinski definition) is 4. The van der Waals surface area contributed by atoms with Crippen molar-refractivity contribution in [2.45, 2.75) is 32.6 Å². The van der Waals surface area contributed by atoms with Gasteiger partial charge in [-0.25, -0.2) is 4.68 Å². The molecule has 0 N–H and O–H groups in total. The summed E-state index contributed by atoms with van der Waals surface area (Å²) in [5.74, 6) is 0.749. The van der Waals surface area contributed by atoms with Crippen molar-refractivity contribution in [2.75, 3.05) is 13.1 Å². The molecule has 4 rings (SSSR count). The molecule has 1 amide bonds. The molecule has 0 bridgehead atoms. The number of nitro benzene ring substituents is 1. The van der Waals surface area contributed by atoms with E-state index in [4.69, 9.17) is 5.10 Å². The molecule has 3 aromatic rings. The molecule has 0 aliphatic carbocycles. The normalized spacial score (nSPS) is 16.7. The second-order valence-corrected chi connectivity index (χ2v) is 8.18. The zero-order chi connectivity index (χ0) is 21.8. The lowest BCUT2D eigenvalue weighted by molar-refractivity contribution is -0.384. The lowest BCUT2D eigenvalue weighted by Crippen LogP contribution is -2.33. The molecule has 31 heavy (non-hydrogen) atoms. The van der Waals surface area contributed by atoms with Crippen molar-refractivity contribution >= 4 is 11.6 Å². The van der Waals surface area contributed by atoms with Crippen LogP contribution in [0.3, 0.4) is 0 Å². The van der Waals surface area contributed by atoms with Gasteiger partial charge in [0, 0.05) is 42.5 Å². The summed E-state index contributed by atoms with van der Waals surface area (Å²) in [6, 6.07) is 16.0. The van der Waals surface area contributed by atoms with Gasteiger partial charge >= 0.3 is 0 Å². The highest BCUT2D eigenvalue weighted by molar-refractivity contribution is 5.81. The van der Waals surface area contributed by atoms with Crippen molar-refractivity contribution in [3.05, 3.63) is 76.5 Å². The summed E-state index contributed by atoms with van der Waals surface area (Å²) in [4.78, 5) is 25.7. The van der Waals surface area contributed by atoms with E-state index in [1.807, 2.05) is 41.4 Å². The molecule has 7 nitrogen and oxygen atoms in total. The minimum Gasteiger partial charge on any atom is -0.342 e. The van der Waals surface area contributed by atoms with Crippen LogP contribution < -0.4 is 0 Å². The number of nitrogens with zero attached hydrogens (tertiary/aromatic N) is 4. The van der Waals surface area contributed by atoms with E-state index in [0.717, 1.165) is 49.2 Å². The number of carbonyl (C=O) groups excluding carboxylic acids is 1. The molecule has 2 heterocycles. The summed E-state index contributed by atoms with van der Waals surface area (Å²) < 4.78 is 1.77. The number of nitro groups is 1. The van der Waals surface area contributed by atoms with Crippen LogP contribution >= 0.6 is 0 Å². The highest BCUT2D eigenvalue weighted by Gasteiger charge is 2.22. The zero-order valence-electron chi connectivity index (χ0n) is 17.6. The Morgan fingerprint density at radius 2 is 1.84 bits per heavy atom. The van der Waals surface area contributed by atoms with Crippen molar-refractivity contribution in [3.63, 3.8) is 0 Å². The summed E-state index contributed by atoms with van der Waals surface area (Å²) in [7, 11) is 0. The number of carbonyl (C=O) groups is 1. The van der Waals surface area contributed by atoms with Gasteiger partial charge in [0.2, 0.25) is 5.91 Å². The monoisotopic (exact) mass is 418 g/mol. The smallest absolute Gasteiger partial charge is 0.269 e. The zero-order valence-corrected chi connectivity index (χ0v) is 17.6. The van der Waals surface area contributed by atoms with Crippen LogP contribution in [0.5, 0.6) is 0 Å². The third-order valence-corrected chi connectivity index (χ3v) is 5.87. The fourth-order valence-corrected chi connectivity index (χ4v) is 4.02. The molecule has 0 spiro atoms. The minimum absolute atomic E-state index is 0.0301. The van der Waals surface area contributed by atoms with Crippen LogP contribution in [-0.2, 0) is 11.2 Å². The highest BCUT2D eigenvalue weighted by Crippen LogP contribution is 2.27. The molecule has 1 unspecified atom stereocenters. The van der Waals surface area contributed by atoms with Gasteiger partial charge in [0.1, 0.15) is 0 Å². The standard InChI is InChI=1S/C24H26N4O3/c1-18-6-5-14-26(15-13-18)23(29)16-20-17-27(21-7-3-2-4-8-21)25-24(20)19-9-11-22(12-10-19)28(30)31/h2-4,7-12,17-18H,5-6,13-16H2,1H3. The molecule has 1 aliphatic heterocycles. The summed E-state index contributed by atoms with van der Waals surface area (Å²) >= 11 is 0. The molecular formula is C24H26N4O3. The van der Waals surface area contributed by atoms with Crippen LogP contribution in [0, 0.1) is 16.0 Å². The maximum Gasteiger partial charge on any atom is 0.269 e. The van der Waals surface area contributed by atoms with E-state index in [1.54, 1.807) is 16.8 Å². The fraction of sp³-hybridized carbons (Fsp3) is 0.333. The predicted molar refractivity (Wildman–Crippen MR) is 119 cm³/mol. The van der Waals surface area contributed by atoms with Gasteiger partial charge in [0.05, 0.1) is 22.7 Å². The van der Waals surface area contributed by atoms with Gasteiger partial charge in [-0.2, -0.15) is 5.10 Å². The number of non-ortho nitro benzene ring substituents is 1. The van der Waals surface area contributed by atoms with Crippen molar-refractivity contribution in [3.8, 4) is 16.9 Å². The molecule has 1 aliphatic rings. The molecule has 1 saturated heterocycles. The van der Waals surface area contributed by atoms with E-state index < -0.39 is 4.92 Å². The molecule has 1 aromatic heterocycles. The maximum absolute atomic E-state index is 13.1. The van der Waals surface area contributed by atoms with Crippen molar-refractivity contribution in [2.24, 2.45) is 5.92 Å². The first-order valence-electron chi connectivity index (χ1n) is 10.7. The quantitative estimate of drug-likeness (QED) is 0.447. The second kappa shape index (κ2) is 9.12. The van der Waals surface area contributed by atoms with Gasteiger partial charge in [-0.05, 0) is 49.4 Å². The van der Waals surface area contributed by atoms with Gasteiger partial charge in [-0.3, -0.25) is 14.9 Å². The average Bonchev–Trinajstić information content (AvgIpc) is 3.07. The number of amides is 1. The van der Waals surface area contributed by atoms with Crippen molar-refractivity contribution in [1.82, 2.24) is 14.7 Å². The van der Waals surface area contributed by atoms with Crippen LogP contribution in [-0.4, -0.2) is 38.6 Å². The van der Waals surface area contributed by atoms with E-state index in [-0.39, 0.29) is 18.0 Å². The number of rotatable bonds is 5. The number of para-hydroxylation sites is 1. The lowest BCUT2D eigenvalue weighted by atomic mass is 10.0. The minimum atomic E-state index is -0.420. The Morgan fingerprint density at radius 1 is 1.10 bits per heavy atom. The molecule has 0 radical (unpaired) electrons. The topological polar surface area (TPSA) is 81.3 Å². The van der Waals surface area contributed by atoms with E-state index >= 15 is 0 Å². The van der Waals surface area contributed by atoms with Crippen LogP contribution in [0.25, 0.3) is 16.9 Å². The van der Waals surface area contributed by atoms with Crippen LogP contribution in [0.1, 0.15) is 31.7 Å². The first-order valence-corrected chi connectivity index (χ1v) is 10.7. The van der Waals surface area contributed by atoms with Gasteiger partial charge in [0.25, 0.3) is 5.69 Å². The fourth-order valence-electron chi connectivity index (χ4n) is 4.02. The molecule has 0 saturated carbocycles. The molecule has 160 valence electrons. The number of hydrogen-bond donors (Lipinski definition) is 0. The predicted octanol–water partition coefficient (Wildman–Crippen LogP) is 4.64. The van der Waals surface area contributed by atoms with E-state index in [1.165, 1.54) is 12.1 Å². The third kappa shape index (κ3) is 4.82. The molecular weight excluding hydrogens is 392 g/mol.